The maximum atomic E-state index is 5.42. The Labute approximate surface area is 105 Å². The van der Waals surface area contributed by atoms with Crippen LogP contribution in [0.2, 0.25) is 0 Å². The number of aryl methyl sites for hydroxylation is 1. The predicted octanol–water partition coefficient (Wildman–Crippen LogP) is 2.77. The molecule has 2 nitrogen and oxygen atoms in total. The smallest absolute Gasteiger partial charge is 0.0594 e. The Hall–Kier alpha value is -0.380. The number of ether oxygens (including phenoxy) is 1. The maximum Gasteiger partial charge on any atom is 0.0594 e. The summed E-state index contributed by atoms with van der Waals surface area (Å²) in [4.78, 5) is 2.57. The second kappa shape index (κ2) is 4.47. The van der Waals surface area contributed by atoms with E-state index in [2.05, 4.69) is 39.0 Å². The molecule has 1 aromatic rings. The molecule has 0 N–H and O–H groups in total. The number of rotatable bonds is 1. The first-order chi connectivity index (χ1) is 7.86. The van der Waals surface area contributed by atoms with Crippen molar-refractivity contribution >= 4 is 15.9 Å². The molecule has 0 aromatic heterocycles. The third-order valence-electron chi connectivity index (χ3n) is 3.65. The second-order valence-corrected chi connectivity index (χ2v) is 5.37. The number of nitrogens with zero attached hydrogens (tertiary/aromatic N) is 1. The lowest BCUT2D eigenvalue weighted by molar-refractivity contribution is 0.0163. The molecule has 1 aliphatic heterocycles. The van der Waals surface area contributed by atoms with Gasteiger partial charge >= 0.3 is 0 Å². The number of halogens is 1. The molecular formula is C13H16BrNO. The first kappa shape index (κ1) is 10.8. The van der Waals surface area contributed by atoms with Crippen LogP contribution in [0.25, 0.3) is 0 Å². The lowest BCUT2D eigenvalue weighted by Gasteiger charge is -2.33. The van der Waals surface area contributed by atoms with Gasteiger partial charge in [-0.05, 0) is 30.0 Å². The van der Waals surface area contributed by atoms with Gasteiger partial charge in [-0.15, -0.1) is 0 Å². The Morgan fingerprint density at radius 1 is 1.25 bits per heavy atom. The van der Waals surface area contributed by atoms with E-state index in [9.17, 15) is 0 Å². The van der Waals surface area contributed by atoms with E-state index < -0.39 is 0 Å². The fourth-order valence-electron chi connectivity index (χ4n) is 2.86. The van der Waals surface area contributed by atoms with E-state index in [0.29, 0.717) is 6.04 Å². The van der Waals surface area contributed by atoms with E-state index in [4.69, 9.17) is 4.74 Å². The summed E-state index contributed by atoms with van der Waals surface area (Å²) in [5, 5.41) is 0. The predicted molar refractivity (Wildman–Crippen MR) is 67.6 cm³/mol. The minimum Gasteiger partial charge on any atom is -0.379 e. The molecule has 0 amide bonds. The molecule has 3 rings (SSSR count). The van der Waals surface area contributed by atoms with Crippen molar-refractivity contribution in [2.75, 3.05) is 26.3 Å². The highest BCUT2D eigenvalue weighted by atomic mass is 79.9. The van der Waals surface area contributed by atoms with Gasteiger partial charge in [0.25, 0.3) is 0 Å². The lowest BCUT2D eigenvalue weighted by Crippen LogP contribution is -2.38. The summed E-state index contributed by atoms with van der Waals surface area (Å²) in [5.41, 5.74) is 3.04. The normalized spacial score (nSPS) is 25.7. The Morgan fingerprint density at radius 3 is 2.88 bits per heavy atom. The quantitative estimate of drug-likeness (QED) is 0.785. The molecule has 1 heterocycles. The molecule has 16 heavy (non-hydrogen) atoms. The highest BCUT2D eigenvalue weighted by molar-refractivity contribution is 9.10. The molecule has 0 bridgehead atoms. The highest BCUT2D eigenvalue weighted by Gasteiger charge is 2.30. The zero-order valence-electron chi connectivity index (χ0n) is 9.29. The monoisotopic (exact) mass is 281 g/mol. The van der Waals surface area contributed by atoms with Gasteiger partial charge in [0.1, 0.15) is 0 Å². The van der Waals surface area contributed by atoms with Gasteiger partial charge in [0.2, 0.25) is 0 Å². The van der Waals surface area contributed by atoms with Gasteiger partial charge in [-0.1, -0.05) is 28.1 Å². The molecule has 1 saturated heterocycles. The minimum absolute atomic E-state index is 0.606. The average molecular weight is 282 g/mol. The first-order valence-corrected chi connectivity index (χ1v) is 6.74. The van der Waals surface area contributed by atoms with Gasteiger partial charge in [-0.2, -0.15) is 0 Å². The fourth-order valence-corrected chi connectivity index (χ4v) is 3.54. The van der Waals surface area contributed by atoms with Crippen LogP contribution >= 0.6 is 15.9 Å². The van der Waals surface area contributed by atoms with E-state index in [1.54, 1.807) is 0 Å². The van der Waals surface area contributed by atoms with E-state index >= 15 is 0 Å². The Morgan fingerprint density at radius 2 is 2.06 bits per heavy atom. The van der Waals surface area contributed by atoms with Crippen molar-refractivity contribution in [2.24, 2.45) is 0 Å². The minimum atomic E-state index is 0.606. The summed E-state index contributed by atoms with van der Waals surface area (Å²) in [6.45, 7) is 3.92. The highest BCUT2D eigenvalue weighted by Crippen LogP contribution is 2.40. The third-order valence-corrected chi connectivity index (χ3v) is 4.34. The van der Waals surface area contributed by atoms with Crippen LogP contribution in [0.5, 0.6) is 0 Å². The fraction of sp³-hybridized carbons (Fsp3) is 0.538. The second-order valence-electron chi connectivity index (χ2n) is 4.52. The molecule has 0 radical (unpaired) electrons. The van der Waals surface area contributed by atoms with E-state index in [0.717, 1.165) is 26.3 Å². The zero-order valence-corrected chi connectivity index (χ0v) is 10.9. The molecule has 1 fully saturated rings. The summed E-state index contributed by atoms with van der Waals surface area (Å²) in [5.74, 6) is 0. The molecule has 2 aliphatic rings. The molecule has 0 spiro atoms. The van der Waals surface area contributed by atoms with Crippen LogP contribution in [0.3, 0.4) is 0 Å². The van der Waals surface area contributed by atoms with Crippen LogP contribution in [0.1, 0.15) is 23.6 Å². The Kier molecular flexibility index (Phi) is 3.01. The summed E-state index contributed by atoms with van der Waals surface area (Å²) in [6.07, 6.45) is 2.48. The number of fused-ring (bicyclic) bond motifs is 1. The van der Waals surface area contributed by atoms with Crippen molar-refractivity contribution in [3.8, 4) is 0 Å². The number of morpholine rings is 1. The zero-order chi connectivity index (χ0) is 11.0. The van der Waals surface area contributed by atoms with Crippen molar-refractivity contribution in [3.05, 3.63) is 33.8 Å². The van der Waals surface area contributed by atoms with Gasteiger partial charge in [0.05, 0.1) is 13.2 Å². The van der Waals surface area contributed by atoms with E-state index in [1.165, 1.54) is 28.4 Å². The number of hydrogen-bond donors (Lipinski definition) is 0. The summed E-state index contributed by atoms with van der Waals surface area (Å²) >= 11 is 3.70. The van der Waals surface area contributed by atoms with Crippen LogP contribution < -0.4 is 0 Å². The maximum absolute atomic E-state index is 5.42. The van der Waals surface area contributed by atoms with Gasteiger partial charge in [-0.3, -0.25) is 4.90 Å². The number of hydrogen-bond acceptors (Lipinski definition) is 2. The molecule has 0 saturated carbocycles. The van der Waals surface area contributed by atoms with Crippen molar-refractivity contribution in [1.29, 1.82) is 0 Å². The summed E-state index contributed by atoms with van der Waals surface area (Å²) in [6, 6.07) is 7.18. The van der Waals surface area contributed by atoms with E-state index in [1.807, 2.05) is 0 Å². The van der Waals surface area contributed by atoms with Crippen LogP contribution in [0.4, 0.5) is 0 Å². The molecule has 86 valence electrons. The van der Waals surface area contributed by atoms with Gasteiger partial charge in [0.15, 0.2) is 0 Å². The largest absolute Gasteiger partial charge is 0.379 e. The Balaban J connectivity index is 1.89. The Bertz CT molecular complexity index is 388. The molecular weight excluding hydrogens is 266 g/mol. The van der Waals surface area contributed by atoms with Crippen molar-refractivity contribution in [1.82, 2.24) is 4.90 Å². The molecule has 1 atom stereocenters. The lowest BCUT2D eigenvalue weighted by atomic mass is 10.1. The molecule has 1 aliphatic carbocycles. The SMILES string of the molecule is Brc1cccc2c1C(N1CCOCC1)CC2. The van der Waals surface area contributed by atoms with Crippen LogP contribution in [-0.4, -0.2) is 31.2 Å². The van der Waals surface area contributed by atoms with Crippen LogP contribution in [-0.2, 0) is 11.2 Å². The van der Waals surface area contributed by atoms with Crippen molar-refractivity contribution in [2.45, 2.75) is 18.9 Å². The first-order valence-electron chi connectivity index (χ1n) is 5.95. The van der Waals surface area contributed by atoms with Crippen molar-refractivity contribution in [3.63, 3.8) is 0 Å². The van der Waals surface area contributed by atoms with Gasteiger partial charge < -0.3 is 4.74 Å². The molecule has 1 unspecified atom stereocenters. The van der Waals surface area contributed by atoms with Gasteiger partial charge in [-0.25, -0.2) is 0 Å². The topological polar surface area (TPSA) is 12.5 Å². The van der Waals surface area contributed by atoms with Gasteiger partial charge in [0, 0.05) is 23.6 Å². The number of benzene rings is 1. The van der Waals surface area contributed by atoms with Crippen molar-refractivity contribution < 1.29 is 4.74 Å². The summed E-state index contributed by atoms with van der Waals surface area (Å²) in [7, 11) is 0. The van der Waals surface area contributed by atoms with Crippen LogP contribution in [0, 0.1) is 0 Å². The standard InChI is InChI=1S/C13H16BrNO/c14-11-3-1-2-10-4-5-12(13(10)11)15-6-8-16-9-7-15/h1-3,12H,4-9H2. The van der Waals surface area contributed by atoms with Crippen LogP contribution in [0.15, 0.2) is 22.7 Å². The average Bonchev–Trinajstić information content (AvgIpc) is 2.75. The van der Waals surface area contributed by atoms with E-state index in [-0.39, 0.29) is 0 Å². The molecule has 1 aromatic carbocycles. The summed E-state index contributed by atoms with van der Waals surface area (Å²) < 4.78 is 6.70. The third kappa shape index (κ3) is 1.81. The molecule has 3 heteroatoms.